The fraction of sp³-hybridized carbons (Fsp3) is 0.455. The molecule has 0 aliphatic carbocycles. The molecule has 1 aliphatic heterocycles. The van der Waals surface area contributed by atoms with E-state index < -0.39 is 0 Å². The van der Waals surface area contributed by atoms with Crippen molar-refractivity contribution >= 4 is 11.8 Å². The minimum atomic E-state index is -0.344. The number of benzene rings is 1. The summed E-state index contributed by atoms with van der Waals surface area (Å²) < 4.78 is 2.04. The van der Waals surface area contributed by atoms with Gasteiger partial charge < -0.3 is 14.8 Å². The molecule has 0 radical (unpaired) electrons. The minimum Gasteiger partial charge on any atom is -0.353 e. The molecule has 1 aromatic carbocycles. The maximum absolute atomic E-state index is 12.4. The second-order valence-electron chi connectivity index (χ2n) is 8.32. The van der Waals surface area contributed by atoms with Gasteiger partial charge in [0.2, 0.25) is 11.8 Å². The van der Waals surface area contributed by atoms with Gasteiger partial charge in [-0.2, -0.15) is 0 Å². The van der Waals surface area contributed by atoms with Gasteiger partial charge >= 0.3 is 0 Å². The Morgan fingerprint density at radius 2 is 1.63 bits per heavy atom. The monoisotopic (exact) mass is 367 g/mol. The van der Waals surface area contributed by atoms with E-state index >= 15 is 0 Å². The van der Waals surface area contributed by atoms with Crippen molar-refractivity contribution in [1.82, 2.24) is 14.8 Å². The molecule has 5 nitrogen and oxygen atoms in total. The quantitative estimate of drug-likeness (QED) is 0.902. The molecular weight excluding hydrogens is 338 g/mol. The Hall–Kier alpha value is -2.56. The van der Waals surface area contributed by atoms with Crippen molar-refractivity contribution in [3.05, 3.63) is 54.4 Å². The molecule has 2 heterocycles. The first-order valence-electron chi connectivity index (χ1n) is 9.64. The summed E-state index contributed by atoms with van der Waals surface area (Å²) in [7, 11) is 0. The average Bonchev–Trinajstić information content (AvgIpc) is 3.16. The molecule has 0 unspecified atom stereocenters. The van der Waals surface area contributed by atoms with Crippen LogP contribution in [0.25, 0.3) is 5.69 Å². The van der Waals surface area contributed by atoms with Crippen molar-refractivity contribution in [2.75, 3.05) is 13.1 Å². The third kappa shape index (κ3) is 5.00. The van der Waals surface area contributed by atoms with Gasteiger partial charge in [0, 0.05) is 42.6 Å². The summed E-state index contributed by atoms with van der Waals surface area (Å²) in [5, 5.41) is 3.13. The van der Waals surface area contributed by atoms with Crippen LogP contribution in [0.15, 0.2) is 48.8 Å². The minimum absolute atomic E-state index is 0.0457. The molecule has 0 spiro atoms. The van der Waals surface area contributed by atoms with E-state index in [9.17, 15) is 9.59 Å². The number of aromatic nitrogens is 1. The second-order valence-corrected chi connectivity index (χ2v) is 8.32. The van der Waals surface area contributed by atoms with Gasteiger partial charge in [-0.05, 0) is 42.7 Å². The maximum Gasteiger partial charge on any atom is 0.227 e. The number of rotatable bonds is 4. The smallest absolute Gasteiger partial charge is 0.227 e. The summed E-state index contributed by atoms with van der Waals surface area (Å²) in [5.41, 5.74) is 1.74. The predicted molar refractivity (Wildman–Crippen MR) is 107 cm³/mol. The third-order valence-corrected chi connectivity index (χ3v) is 4.99. The Bertz CT molecular complexity index is 765. The number of nitrogens with one attached hydrogen (secondary N) is 1. The molecule has 1 aliphatic rings. The van der Waals surface area contributed by atoms with Crippen LogP contribution in [-0.2, 0) is 16.0 Å². The predicted octanol–water partition coefficient (Wildman–Crippen LogP) is 3.17. The molecule has 27 heavy (non-hydrogen) atoms. The fourth-order valence-corrected chi connectivity index (χ4v) is 3.46. The number of nitrogens with zero attached hydrogens (tertiary/aromatic N) is 2. The molecule has 1 aromatic heterocycles. The zero-order valence-corrected chi connectivity index (χ0v) is 16.4. The molecule has 144 valence electrons. The van der Waals surface area contributed by atoms with Crippen molar-refractivity contribution in [2.45, 2.75) is 46.1 Å². The zero-order chi connectivity index (χ0) is 19.4. The van der Waals surface area contributed by atoms with E-state index in [0.29, 0.717) is 19.5 Å². The summed E-state index contributed by atoms with van der Waals surface area (Å²) in [6, 6.07) is 12.2. The molecular formula is C22H29N3O2. The molecule has 0 atom stereocenters. The molecule has 1 fully saturated rings. The van der Waals surface area contributed by atoms with Gasteiger partial charge in [0.15, 0.2) is 0 Å². The Balaban J connectivity index is 1.47. The van der Waals surface area contributed by atoms with Gasteiger partial charge in [-0.3, -0.25) is 9.59 Å². The summed E-state index contributed by atoms with van der Waals surface area (Å²) >= 11 is 0. The number of hydrogen-bond donors (Lipinski definition) is 1. The molecule has 1 saturated heterocycles. The van der Waals surface area contributed by atoms with Crippen LogP contribution in [0.2, 0.25) is 0 Å². The van der Waals surface area contributed by atoms with Gasteiger partial charge in [-0.25, -0.2) is 0 Å². The van der Waals surface area contributed by atoms with Crippen molar-refractivity contribution < 1.29 is 9.59 Å². The van der Waals surface area contributed by atoms with Crippen molar-refractivity contribution in [3.63, 3.8) is 0 Å². The van der Waals surface area contributed by atoms with Gasteiger partial charge in [0.25, 0.3) is 0 Å². The first-order valence-corrected chi connectivity index (χ1v) is 9.64. The van der Waals surface area contributed by atoms with Crippen LogP contribution in [0.4, 0.5) is 0 Å². The highest BCUT2D eigenvalue weighted by Crippen LogP contribution is 2.21. The van der Waals surface area contributed by atoms with Crippen molar-refractivity contribution in [1.29, 1.82) is 0 Å². The number of piperidine rings is 1. The Morgan fingerprint density at radius 1 is 1.04 bits per heavy atom. The second kappa shape index (κ2) is 7.99. The first-order chi connectivity index (χ1) is 12.8. The van der Waals surface area contributed by atoms with E-state index in [1.54, 1.807) is 0 Å². The molecule has 1 N–H and O–H groups in total. The van der Waals surface area contributed by atoms with E-state index in [-0.39, 0.29) is 23.3 Å². The van der Waals surface area contributed by atoms with Gasteiger partial charge in [-0.1, -0.05) is 32.9 Å². The zero-order valence-electron chi connectivity index (χ0n) is 16.4. The summed E-state index contributed by atoms with van der Waals surface area (Å²) in [5.74, 6) is 0.236. The Labute approximate surface area is 161 Å². The van der Waals surface area contributed by atoms with E-state index in [0.717, 1.165) is 24.1 Å². The van der Waals surface area contributed by atoms with E-state index in [4.69, 9.17) is 0 Å². The van der Waals surface area contributed by atoms with Crippen LogP contribution in [0.5, 0.6) is 0 Å². The average molecular weight is 367 g/mol. The van der Waals surface area contributed by atoms with Crippen molar-refractivity contribution in [3.8, 4) is 5.69 Å². The molecule has 2 aromatic rings. The first kappa shape index (κ1) is 19.2. The van der Waals surface area contributed by atoms with Crippen LogP contribution in [0, 0.1) is 5.41 Å². The lowest BCUT2D eigenvalue weighted by Crippen LogP contribution is -2.49. The standard InChI is InChI=1S/C22H29N3O2/c1-22(2,3)21(27)25-14-10-18(11-15-25)23-20(26)16-17-6-8-19(9-7-17)24-12-4-5-13-24/h4-9,12-13,18H,10-11,14-16H2,1-3H3,(H,23,26). The number of carbonyl (C=O) groups excluding carboxylic acids is 2. The third-order valence-electron chi connectivity index (χ3n) is 4.99. The summed E-state index contributed by atoms with van der Waals surface area (Å²) in [6.45, 7) is 7.28. The SMILES string of the molecule is CC(C)(C)C(=O)N1CCC(NC(=O)Cc2ccc(-n3cccc3)cc2)CC1. The number of hydrogen-bond acceptors (Lipinski definition) is 2. The Morgan fingerprint density at radius 3 is 2.19 bits per heavy atom. The maximum atomic E-state index is 12.4. The van der Waals surface area contributed by atoms with Gasteiger partial charge in [0.05, 0.1) is 6.42 Å². The number of likely N-dealkylation sites (tertiary alicyclic amines) is 1. The summed E-state index contributed by atoms with van der Waals surface area (Å²) in [6.07, 6.45) is 6.02. The fourth-order valence-electron chi connectivity index (χ4n) is 3.46. The van der Waals surface area contributed by atoms with Crippen molar-refractivity contribution in [2.24, 2.45) is 5.41 Å². The van der Waals surface area contributed by atoms with E-state index in [2.05, 4.69) is 5.32 Å². The number of carbonyl (C=O) groups is 2. The van der Waals surface area contributed by atoms with Crippen LogP contribution in [0.3, 0.4) is 0 Å². The topological polar surface area (TPSA) is 54.3 Å². The highest BCUT2D eigenvalue weighted by molar-refractivity contribution is 5.82. The lowest BCUT2D eigenvalue weighted by Gasteiger charge is -2.36. The van der Waals surface area contributed by atoms with E-state index in [1.165, 1.54) is 0 Å². The van der Waals surface area contributed by atoms with Crippen LogP contribution in [0.1, 0.15) is 39.2 Å². The Kier molecular flexibility index (Phi) is 5.68. The van der Waals surface area contributed by atoms with Crippen LogP contribution in [-0.4, -0.2) is 40.4 Å². The molecule has 3 rings (SSSR count). The molecule has 0 saturated carbocycles. The van der Waals surface area contributed by atoms with Crippen LogP contribution < -0.4 is 5.32 Å². The summed E-state index contributed by atoms with van der Waals surface area (Å²) in [4.78, 5) is 26.6. The highest BCUT2D eigenvalue weighted by Gasteiger charge is 2.30. The molecule has 0 bridgehead atoms. The van der Waals surface area contributed by atoms with E-state index in [1.807, 2.05) is 79.0 Å². The lowest BCUT2D eigenvalue weighted by molar-refractivity contribution is -0.140. The van der Waals surface area contributed by atoms with Gasteiger partial charge in [-0.15, -0.1) is 0 Å². The van der Waals surface area contributed by atoms with Gasteiger partial charge in [0.1, 0.15) is 0 Å². The largest absolute Gasteiger partial charge is 0.353 e. The van der Waals surface area contributed by atoms with Crippen LogP contribution >= 0.6 is 0 Å². The molecule has 5 heteroatoms. The lowest BCUT2D eigenvalue weighted by atomic mass is 9.93. The highest BCUT2D eigenvalue weighted by atomic mass is 16.2. The number of amides is 2. The molecule has 2 amide bonds. The normalized spacial score (nSPS) is 15.6.